The van der Waals surface area contributed by atoms with Crippen LogP contribution in [0.1, 0.15) is 0 Å². The molecule has 0 fully saturated rings. The number of nitrogens with zero attached hydrogens (tertiary/aromatic N) is 2. The molecular weight excluding hydrogens is 749 g/mol. The zero-order valence-electron chi connectivity index (χ0n) is 34.0. The Kier molecular flexibility index (Phi) is 8.53. The third kappa shape index (κ3) is 6.04. The van der Waals surface area contributed by atoms with Crippen LogP contribution < -0.4 is 4.90 Å². The second-order valence-electron chi connectivity index (χ2n) is 16.1. The second kappa shape index (κ2) is 14.8. The van der Waals surface area contributed by atoms with E-state index in [4.69, 9.17) is 0 Å². The molecule has 12 aromatic rings. The van der Waals surface area contributed by atoms with Gasteiger partial charge < -0.3 is 9.47 Å². The number of rotatable bonds is 7. The quantitative estimate of drug-likeness (QED) is 0.156. The van der Waals surface area contributed by atoms with Crippen LogP contribution in [0, 0.1) is 0 Å². The summed E-state index contributed by atoms with van der Waals surface area (Å²) < 4.78 is 2.45. The lowest BCUT2D eigenvalue weighted by Crippen LogP contribution is -2.10. The van der Waals surface area contributed by atoms with Crippen LogP contribution in [-0.2, 0) is 0 Å². The van der Waals surface area contributed by atoms with Gasteiger partial charge in [-0.05, 0) is 127 Å². The van der Waals surface area contributed by atoms with Gasteiger partial charge in [0, 0.05) is 33.2 Å². The number of para-hydroxylation sites is 2. The maximum Gasteiger partial charge on any atom is 0.0547 e. The van der Waals surface area contributed by atoms with E-state index >= 15 is 0 Å². The number of anilines is 3. The van der Waals surface area contributed by atoms with Crippen LogP contribution in [0.4, 0.5) is 17.1 Å². The summed E-state index contributed by atoms with van der Waals surface area (Å²) in [5.74, 6) is 0. The summed E-state index contributed by atoms with van der Waals surface area (Å²) in [6.45, 7) is 0. The van der Waals surface area contributed by atoms with Crippen molar-refractivity contribution in [3.63, 3.8) is 0 Å². The summed E-state index contributed by atoms with van der Waals surface area (Å²) in [5, 5.41) is 9.92. The molecular formula is C60H40N2. The highest BCUT2D eigenvalue weighted by Gasteiger charge is 2.19. The van der Waals surface area contributed by atoms with Crippen molar-refractivity contribution in [2.24, 2.45) is 0 Å². The van der Waals surface area contributed by atoms with E-state index < -0.39 is 0 Å². The van der Waals surface area contributed by atoms with Gasteiger partial charge in [-0.2, -0.15) is 0 Å². The largest absolute Gasteiger partial charge is 0.310 e. The summed E-state index contributed by atoms with van der Waals surface area (Å²) >= 11 is 0. The molecule has 0 atom stereocenters. The van der Waals surface area contributed by atoms with Crippen molar-refractivity contribution < 1.29 is 0 Å². The molecule has 0 aliphatic carbocycles. The minimum absolute atomic E-state index is 1.09. The van der Waals surface area contributed by atoms with Gasteiger partial charge in [0.2, 0.25) is 0 Å². The molecule has 0 saturated heterocycles. The molecule has 0 aliphatic rings. The maximum absolute atomic E-state index is 2.45. The van der Waals surface area contributed by atoms with Crippen molar-refractivity contribution in [1.82, 2.24) is 4.57 Å². The van der Waals surface area contributed by atoms with E-state index in [1.165, 1.54) is 76.4 Å². The van der Waals surface area contributed by atoms with Crippen molar-refractivity contribution in [3.05, 3.63) is 243 Å². The summed E-state index contributed by atoms with van der Waals surface area (Å²) in [7, 11) is 0. The van der Waals surface area contributed by atoms with Gasteiger partial charge in [-0.3, -0.25) is 0 Å². The molecule has 11 aromatic carbocycles. The Labute approximate surface area is 360 Å². The molecule has 0 unspecified atom stereocenters. The second-order valence-corrected chi connectivity index (χ2v) is 16.1. The molecule has 0 N–H and O–H groups in total. The Hall–Kier alpha value is -8.20. The van der Waals surface area contributed by atoms with Gasteiger partial charge in [-0.15, -0.1) is 0 Å². The lowest BCUT2D eigenvalue weighted by atomic mass is 9.93. The Balaban J connectivity index is 1.02. The van der Waals surface area contributed by atoms with Crippen LogP contribution in [-0.4, -0.2) is 4.57 Å². The third-order valence-corrected chi connectivity index (χ3v) is 12.5. The Morgan fingerprint density at radius 1 is 0.274 bits per heavy atom. The van der Waals surface area contributed by atoms with Gasteiger partial charge in [0.05, 0.1) is 16.7 Å². The molecule has 290 valence electrons. The lowest BCUT2D eigenvalue weighted by Gasteiger charge is -2.28. The van der Waals surface area contributed by atoms with Crippen LogP contribution in [0.25, 0.3) is 93.2 Å². The van der Waals surface area contributed by atoms with Crippen LogP contribution in [0.5, 0.6) is 0 Å². The minimum atomic E-state index is 1.09. The predicted octanol–water partition coefficient (Wildman–Crippen LogP) is 16.7. The van der Waals surface area contributed by atoms with Crippen molar-refractivity contribution in [3.8, 4) is 39.1 Å². The molecule has 0 amide bonds. The first-order valence-corrected chi connectivity index (χ1v) is 21.3. The van der Waals surface area contributed by atoms with Crippen molar-refractivity contribution in [2.45, 2.75) is 0 Å². The predicted molar refractivity (Wildman–Crippen MR) is 264 cm³/mol. The van der Waals surface area contributed by atoms with Crippen LogP contribution >= 0.6 is 0 Å². The normalized spacial score (nSPS) is 11.5. The zero-order chi connectivity index (χ0) is 41.0. The molecule has 1 heterocycles. The summed E-state index contributed by atoms with van der Waals surface area (Å²) in [5.41, 5.74) is 14.0. The smallest absolute Gasteiger partial charge is 0.0547 e. The molecule has 62 heavy (non-hydrogen) atoms. The Bertz CT molecular complexity index is 3620. The van der Waals surface area contributed by atoms with Gasteiger partial charge in [0.1, 0.15) is 0 Å². The number of benzene rings is 11. The molecule has 1 aromatic heterocycles. The Morgan fingerprint density at radius 3 is 1.58 bits per heavy atom. The number of hydrogen-bond donors (Lipinski definition) is 0. The highest BCUT2D eigenvalue weighted by atomic mass is 15.1. The molecule has 0 radical (unpaired) electrons. The molecule has 12 rings (SSSR count). The zero-order valence-corrected chi connectivity index (χ0v) is 34.0. The van der Waals surface area contributed by atoms with Crippen LogP contribution in [0.2, 0.25) is 0 Å². The van der Waals surface area contributed by atoms with Gasteiger partial charge in [0.25, 0.3) is 0 Å². The van der Waals surface area contributed by atoms with Crippen molar-refractivity contribution >= 4 is 71.2 Å². The topological polar surface area (TPSA) is 8.17 Å². The van der Waals surface area contributed by atoms with Gasteiger partial charge in [-0.25, -0.2) is 0 Å². The number of fused-ring (bicyclic) bond motifs is 6. The van der Waals surface area contributed by atoms with Crippen LogP contribution in [0.15, 0.2) is 243 Å². The van der Waals surface area contributed by atoms with E-state index in [9.17, 15) is 0 Å². The molecule has 0 bridgehead atoms. The lowest BCUT2D eigenvalue weighted by molar-refractivity contribution is 1.18. The highest BCUT2D eigenvalue weighted by molar-refractivity contribution is 6.14. The van der Waals surface area contributed by atoms with E-state index in [0.29, 0.717) is 0 Å². The fourth-order valence-corrected chi connectivity index (χ4v) is 9.62. The van der Waals surface area contributed by atoms with Crippen molar-refractivity contribution in [1.29, 1.82) is 0 Å². The third-order valence-electron chi connectivity index (χ3n) is 12.5. The fraction of sp³-hybridized carbons (Fsp3) is 0. The standard InChI is InChI=1S/C60H40N2/c1-3-16-41(17-4-1)46-36-47(38-50(37-46)62-58-29-14-13-27-56(58)57-39-44-19-7-8-20-45(44)40-60(57)62)42-30-32-49(33-31-42)61(48-22-5-2-6-23-48)59-35-34-54(53-25-11-12-26-55(53)59)52-28-15-21-43-18-9-10-24-51(43)52/h1-40H. The van der Waals surface area contributed by atoms with E-state index in [1.807, 2.05) is 0 Å². The first-order chi connectivity index (χ1) is 30.7. The minimum Gasteiger partial charge on any atom is -0.310 e. The Morgan fingerprint density at radius 2 is 0.823 bits per heavy atom. The molecule has 0 spiro atoms. The van der Waals surface area contributed by atoms with E-state index in [1.54, 1.807) is 0 Å². The molecule has 0 aliphatic heterocycles. The van der Waals surface area contributed by atoms with E-state index in [2.05, 4.69) is 252 Å². The molecule has 2 heteroatoms. The average Bonchev–Trinajstić information content (AvgIpc) is 3.67. The number of hydrogen-bond acceptors (Lipinski definition) is 1. The summed E-state index contributed by atoms with van der Waals surface area (Å²) in [6, 6.07) is 88.5. The fourth-order valence-electron chi connectivity index (χ4n) is 9.62. The summed E-state index contributed by atoms with van der Waals surface area (Å²) in [6.07, 6.45) is 0. The molecule has 0 saturated carbocycles. The summed E-state index contributed by atoms with van der Waals surface area (Å²) in [4.78, 5) is 2.40. The maximum atomic E-state index is 2.45. The van der Waals surface area contributed by atoms with E-state index in [0.717, 1.165) is 33.9 Å². The number of aromatic nitrogens is 1. The van der Waals surface area contributed by atoms with Gasteiger partial charge in [-0.1, -0.05) is 176 Å². The highest BCUT2D eigenvalue weighted by Crippen LogP contribution is 2.44. The van der Waals surface area contributed by atoms with Crippen molar-refractivity contribution in [2.75, 3.05) is 4.90 Å². The monoisotopic (exact) mass is 788 g/mol. The molecule has 2 nitrogen and oxygen atoms in total. The van der Waals surface area contributed by atoms with Gasteiger partial charge in [0.15, 0.2) is 0 Å². The van der Waals surface area contributed by atoms with Gasteiger partial charge >= 0.3 is 0 Å². The first kappa shape index (κ1) is 35.7. The average molecular weight is 789 g/mol. The first-order valence-electron chi connectivity index (χ1n) is 21.3. The van der Waals surface area contributed by atoms with Crippen LogP contribution in [0.3, 0.4) is 0 Å². The SMILES string of the molecule is c1ccc(-c2cc(-c3ccc(N(c4ccccc4)c4ccc(-c5cccc6ccccc56)c5ccccc45)cc3)cc(-n3c4ccccc4c4cc5ccccc5cc43)c2)cc1. The van der Waals surface area contributed by atoms with E-state index in [-0.39, 0.29) is 0 Å².